The molecule has 0 aliphatic carbocycles. The van der Waals surface area contributed by atoms with Gasteiger partial charge >= 0.3 is 0 Å². The Kier molecular flexibility index (Phi) is 5.42. The fourth-order valence-corrected chi connectivity index (χ4v) is 1.99. The van der Waals surface area contributed by atoms with Crippen molar-refractivity contribution in [2.24, 2.45) is 5.92 Å². The van der Waals surface area contributed by atoms with E-state index < -0.39 is 0 Å². The number of likely N-dealkylation sites (N-methyl/N-ethyl adjacent to an activating group) is 1. The molecule has 1 aromatic carbocycles. The summed E-state index contributed by atoms with van der Waals surface area (Å²) in [6.07, 6.45) is 1.93. The average molecular weight is 239 g/mol. The molecule has 0 radical (unpaired) electrons. The van der Waals surface area contributed by atoms with E-state index in [-0.39, 0.29) is 5.82 Å². The molecule has 0 bridgehead atoms. The van der Waals surface area contributed by atoms with Crippen LogP contribution in [0, 0.1) is 11.7 Å². The van der Waals surface area contributed by atoms with E-state index in [0.717, 1.165) is 18.4 Å². The maximum Gasteiger partial charge on any atom is 0.165 e. The normalized spacial score (nSPS) is 12.8. The number of nitrogens with one attached hydrogen (secondary N) is 1. The second-order valence-corrected chi connectivity index (χ2v) is 4.79. The van der Waals surface area contributed by atoms with Crippen molar-refractivity contribution in [1.29, 1.82) is 0 Å². The predicted molar refractivity (Wildman–Crippen MR) is 69.0 cm³/mol. The van der Waals surface area contributed by atoms with Crippen molar-refractivity contribution in [3.63, 3.8) is 0 Å². The van der Waals surface area contributed by atoms with Gasteiger partial charge in [-0.2, -0.15) is 0 Å². The lowest BCUT2D eigenvalue weighted by Gasteiger charge is -2.18. The maximum absolute atomic E-state index is 13.5. The highest BCUT2D eigenvalue weighted by atomic mass is 19.1. The van der Waals surface area contributed by atoms with Gasteiger partial charge in [-0.25, -0.2) is 4.39 Å². The van der Waals surface area contributed by atoms with Crippen LogP contribution < -0.4 is 10.1 Å². The molecule has 1 unspecified atom stereocenters. The topological polar surface area (TPSA) is 21.3 Å². The Labute approximate surface area is 103 Å². The van der Waals surface area contributed by atoms with Gasteiger partial charge in [-0.05, 0) is 43.5 Å². The molecule has 2 nitrogen and oxygen atoms in total. The van der Waals surface area contributed by atoms with Crippen LogP contribution in [0.5, 0.6) is 5.75 Å². The predicted octanol–water partition coefficient (Wildman–Crippen LogP) is 3.01. The molecule has 17 heavy (non-hydrogen) atoms. The van der Waals surface area contributed by atoms with Gasteiger partial charge in [0.2, 0.25) is 0 Å². The summed E-state index contributed by atoms with van der Waals surface area (Å²) in [4.78, 5) is 0. The molecular formula is C14H22FNO. The first kappa shape index (κ1) is 14.0. The van der Waals surface area contributed by atoms with Gasteiger partial charge in [0, 0.05) is 6.04 Å². The summed E-state index contributed by atoms with van der Waals surface area (Å²) >= 11 is 0. The smallest absolute Gasteiger partial charge is 0.165 e. The molecule has 1 rings (SSSR count). The van der Waals surface area contributed by atoms with E-state index in [1.807, 2.05) is 13.1 Å². The van der Waals surface area contributed by atoms with Gasteiger partial charge in [0.15, 0.2) is 11.6 Å². The Morgan fingerprint density at radius 3 is 2.53 bits per heavy atom. The largest absolute Gasteiger partial charge is 0.494 e. The van der Waals surface area contributed by atoms with E-state index in [1.54, 1.807) is 12.1 Å². The standard InChI is InChI=1S/C14H22FNO/c1-10(2)7-12(16-3)8-11-5-6-14(17-4)13(15)9-11/h5-6,9-10,12,16H,7-8H2,1-4H3. The summed E-state index contributed by atoms with van der Waals surface area (Å²) < 4.78 is 18.4. The summed E-state index contributed by atoms with van der Waals surface area (Å²) in [6.45, 7) is 4.39. The van der Waals surface area contributed by atoms with Crippen molar-refractivity contribution in [3.05, 3.63) is 29.6 Å². The van der Waals surface area contributed by atoms with Gasteiger partial charge in [0.25, 0.3) is 0 Å². The zero-order chi connectivity index (χ0) is 12.8. The highest BCUT2D eigenvalue weighted by Gasteiger charge is 2.11. The molecule has 0 amide bonds. The summed E-state index contributed by atoms with van der Waals surface area (Å²) in [5, 5.41) is 3.28. The van der Waals surface area contributed by atoms with E-state index in [0.29, 0.717) is 17.7 Å². The van der Waals surface area contributed by atoms with E-state index in [4.69, 9.17) is 4.74 Å². The van der Waals surface area contributed by atoms with Crippen LogP contribution in [0.3, 0.4) is 0 Å². The van der Waals surface area contributed by atoms with Crippen LogP contribution in [0.15, 0.2) is 18.2 Å². The maximum atomic E-state index is 13.5. The first-order valence-corrected chi connectivity index (χ1v) is 6.06. The van der Waals surface area contributed by atoms with E-state index in [1.165, 1.54) is 7.11 Å². The lowest BCUT2D eigenvalue weighted by Crippen LogP contribution is -2.29. The Balaban J connectivity index is 2.69. The third kappa shape index (κ3) is 4.35. The third-order valence-corrected chi connectivity index (χ3v) is 2.86. The van der Waals surface area contributed by atoms with Crippen molar-refractivity contribution in [2.75, 3.05) is 14.2 Å². The lowest BCUT2D eigenvalue weighted by molar-refractivity contribution is 0.385. The molecule has 96 valence electrons. The summed E-state index contributed by atoms with van der Waals surface area (Å²) in [6, 6.07) is 5.56. The highest BCUT2D eigenvalue weighted by molar-refractivity contribution is 5.29. The van der Waals surface area contributed by atoms with Gasteiger partial charge in [-0.15, -0.1) is 0 Å². The third-order valence-electron chi connectivity index (χ3n) is 2.86. The minimum Gasteiger partial charge on any atom is -0.494 e. The van der Waals surface area contributed by atoms with Crippen LogP contribution in [0.25, 0.3) is 0 Å². The lowest BCUT2D eigenvalue weighted by atomic mass is 9.97. The molecule has 1 N–H and O–H groups in total. The molecular weight excluding hydrogens is 217 g/mol. The molecule has 0 saturated heterocycles. The summed E-state index contributed by atoms with van der Waals surface area (Å²) in [5.41, 5.74) is 1.00. The van der Waals surface area contributed by atoms with Crippen molar-refractivity contribution in [1.82, 2.24) is 5.32 Å². The van der Waals surface area contributed by atoms with Crippen molar-refractivity contribution < 1.29 is 9.13 Å². The molecule has 0 aliphatic heterocycles. The molecule has 0 saturated carbocycles. The monoisotopic (exact) mass is 239 g/mol. The Hall–Kier alpha value is -1.09. The molecule has 0 spiro atoms. The minimum absolute atomic E-state index is 0.288. The second-order valence-electron chi connectivity index (χ2n) is 4.79. The molecule has 0 aliphatic rings. The summed E-state index contributed by atoms with van der Waals surface area (Å²) in [5.74, 6) is 0.651. The van der Waals surface area contributed by atoms with E-state index in [2.05, 4.69) is 19.2 Å². The molecule has 3 heteroatoms. The molecule has 0 aromatic heterocycles. The van der Waals surface area contributed by atoms with Crippen LogP contribution in [0.2, 0.25) is 0 Å². The zero-order valence-electron chi connectivity index (χ0n) is 11.1. The quantitative estimate of drug-likeness (QED) is 0.824. The number of ether oxygens (including phenoxy) is 1. The number of hydrogen-bond donors (Lipinski definition) is 1. The Bertz CT molecular complexity index is 352. The Morgan fingerprint density at radius 2 is 2.06 bits per heavy atom. The van der Waals surface area contributed by atoms with Crippen molar-refractivity contribution >= 4 is 0 Å². The fraction of sp³-hybridized carbons (Fsp3) is 0.571. The van der Waals surface area contributed by atoms with Gasteiger partial charge < -0.3 is 10.1 Å². The molecule has 0 heterocycles. The van der Waals surface area contributed by atoms with Crippen molar-refractivity contribution in [2.45, 2.75) is 32.7 Å². The molecule has 0 fully saturated rings. The number of halogens is 1. The zero-order valence-corrected chi connectivity index (χ0v) is 11.1. The van der Waals surface area contributed by atoms with Gasteiger partial charge in [0.05, 0.1) is 7.11 Å². The van der Waals surface area contributed by atoms with Gasteiger partial charge in [0.1, 0.15) is 0 Å². The highest BCUT2D eigenvalue weighted by Crippen LogP contribution is 2.19. The molecule has 1 aromatic rings. The number of methoxy groups -OCH3 is 1. The number of hydrogen-bond acceptors (Lipinski definition) is 2. The van der Waals surface area contributed by atoms with Crippen LogP contribution in [-0.4, -0.2) is 20.2 Å². The first-order chi connectivity index (χ1) is 8.06. The van der Waals surface area contributed by atoms with E-state index >= 15 is 0 Å². The van der Waals surface area contributed by atoms with Crippen LogP contribution in [0.4, 0.5) is 4.39 Å². The number of rotatable bonds is 6. The van der Waals surface area contributed by atoms with Crippen molar-refractivity contribution in [3.8, 4) is 5.75 Å². The number of benzene rings is 1. The average Bonchev–Trinajstić information content (AvgIpc) is 2.27. The van der Waals surface area contributed by atoms with Crippen LogP contribution >= 0.6 is 0 Å². The first-order valence-electron chi connectivity index (χ1n) is 6.06. The SMILES string of the molecule is CNC(Cc1ccc(OC)c(F)c1)CC(C)C. The second kappa shape index (κ2) is 6.60. The van der Waals surface area contributed by atoms with Crippen LogP contribution in [-0.2, 0) is 6.42 Å². The van der Waals surface area contributed by atoms with E-state index in [9.17, 15) is 4.39 Å². The minimum atomic E-state index is -0.288. The molecule has 1 atom stereocenters. The van der Waals surface area contributed by atoms with Gasteiger partial charge in [-0.1, -0.05) is 19.9 Å². The summed E-state index contributed by atoms with van der Waals surface area (Å²) in [7, 11) is 3.43. The van der Waals surface area contributed by atoms with Gasteiger partial charge in [-0.3, -0.25) is 0 Å². The fourth-order valence-electron chi connectivity index (χ4n) is 1.99. The van der Waals surface area contributed by atoms with Crippen LogP contribution in [0.1, 0.15) is 25.8 Å². The Morgan fingerprint density at radius 1 is 1.35 bits per heavy atom.